The third-order valence-corrected chi connectivity index (χ3v) is 7.77. The molecule has 0 unspecified atom stereocenters. The van der Waals surface area contributed by atoms with Gasteiger partial charge in [-0.25, -0.2) is 4.98 Å². The Morgan fingerprint density at radius 1 is 1.20 bits per heavy atom. The molecule has 1 heterocycles. The van der Waals surface area contributed by atoms with Gasteiger partial charge in [-0.3, -0.25) is 4.79 Å². The van der Waals surface area contributed by atoms with Crippen molar-refractivity contribution in [1.82, 2.24) is 10.3 Å². The summed E-state index contributed by atoms with van der Waals surface area (Å²) in [6.45, 7) is 2.68. The summed E-state index contributed by atoms with van der Waals surface area (Å²) in [6.07, 6.45) is 9.64. The number of hydrogen-bond donors (Lipinski definition) is 1. The quantitative estimate of drug-likeness (QED) is 0.708. The number of pyridine rings is 1. The highest BCUT2D eigenvalue weighted by Crippen LogP contribution is 2.59. The van der Waals surface area contributed by atoms with Gasteiger partial charge in [-0.05, 0) is 97.9 Å². The first-order chi connectivity index (χ1) is 14.4. The predicted molar refractivity (Wildman–Crippen MR) is 117 cm³/mol. The number of benzene rings is 1. The molecule has 1 aromatic heterocycles. The Kier molecular flexibility index (Phi) is 4.82. The van der Waals surface area contributed by atoms with E-state index in [2.05, 4.69) is 16.4 Å². The van der Waals surface area contributed by atoms with Crippen LogP contribution in [0.2, 0.25) is 5.02 Å². The summed E-state index contributed by atoms with van der Waals surface area (Å²) in [5.74, 6) is 2.45. The zero-order valence-corrected chi connectivity index (χ0v) is 18.0. The number of rotatable bonds is 4. The number of nitriles is 1. The summed E-state index contributed by atoms with van der Waals surface area (Å²) in [6, 6.07) is 9.43. The highest BCUT2D eigenvalue weighted by molar-refractivity contribution is 6.34. The largest absolute Gasteiger partial charge is 0.351 e. The SMILES string of the molecule is Cc1cnc(C#N)c(-c2ccc(Cl)c(C(=O)NCC34CC5CC(CC(C5)C3)C4)c2)c1. The molecule has 1 N–H and O–H groups in total. The molecule has 0 spiro atoms. The molecule has 4 fully saturated rings. The third kappa shape index (κ3) is 3.50. The molecule has 4 aliphatic rings. The molecule has 0 atom stereocenters. The maximum Gasteiger partial charge on any atom is 0.252 e. The van der Waals surface area contributed by atoms with Gasteiger partial charge in [0.2, 0.25) is 0 Å². The van der Waals surface area contributed by atoms with Gasteiger partial charge in [0.05, 0.1) is 10.6 Å². The molecule has 2 aromatic rings. The normalized spacial score (nSPS) is 28.9. The van der Waals surface area contributed by atoms with Gasteiger partial charge < -0.3 is 5.32 Å². The smallest absolute Gasteiger partial charge is 0.252 e. The van der Waals surface area contributed by atoms with Gasteiger partial charge in [0.25, 0.3) is 5.91 Å². The summed E-state index contributed by atoms with van der Waals surface area (Å²) in [7, 11) is 0. The molecule has 30 heavy (non-hydrogen) atoms. The highest BCUT2D eigenvalue weighted by Gasteiger charge is 2.50. The van der Waals surface area contributed by atoms with Gasteiger partial charge in [-0.15, -0.1) is 0 Å². The number of hydrogen-bond acceptors (Lipinski definition) is 3. The van der Waals surface area contributed by atoms with E-state index in [4.69, 9.17) is 11.6 Å². The summed E-state index contributed by atoms with van der Waals surface area (Å²) in [5.41, 5.74) is 3.57. The van der Waals surface area contributed by atoms with E-state index in [0.29, 0.717) is 16.3 Å². The van der Waals surface area contributed by atoms with Crippen LogP contribution in [-0.2, 0) is 0 Å². The van der Waals surface area contributed by atoms with E-state index in [9.17, 15) is 10.1 Å². The summed E-state index contributed by atoms with van der Waals surface area (Å²) in [4.78, 5) is 17.3. The lowest BCUT2D eigenvalue weighted by Crippen LogP contribution is -2.51. The van der Waals surface area contributed by atoms with E-state index in [1.54, 1.807) is 18.3 Å². The molecule has 1 amide bonds. The van der Waals surface area contributed by atoms with E-state index < -0.39 is 0 Å². The third-order valence-electron chi connectivity index (χ3n) is 7.44. The first-order valence-electron chi connectivity index (χ1n) is 10.9. The molecule has 6 rings (SSSR count). The van der Waals surface area contributed by atoms with Crippen LogP contribution < -0.4 is 5.32 Å². The van der Waals surface area contributed by atoms with Crippen LogP contribution in [0.25, 0.3) is 11.1 Å². The Bertz CT molecular complexity index is 1020. The van der Waals surface area contributed by atoms with Gasteiger partial charge in [0.1, 0.15) is 11.8 Å². The number of halogens is 1. The van der Waals surface area contributed by atoms with Crippen molar-refractivity contribution in [2.24, 2.45) is 23.2 Å². The summed E-state index contributed by atoms with van der Waals surface area (Å²) < 4.78 is 0. The number of amides is 1. The summed E-state index contributed by atoms with van der Waals surface area (Å²) in [5, 5.41) is 13.1. The van der Waals surface area contributed by atoms with E-state index >= 15 is 0 Å². The van der Waals surface area contributed by atoms with Crippen LogP contribution in [0, 0.1) is 41.4 Å². The first-order valence-corrected chi connectivity index (χ1v) is 11.3. The Morgan fingerprint density at radius 3 is 2.50 bits per heavy atom. The van der Waals surface area contributed by atoms with Crippen LogP contribution in [0.3, 0.4) is 0 Å². The fourth-order valence-corrected chi connectivity index (χ4v) is 6.82. The van der Waals surface area contributed by atoms with Gasteiger partial charge >= 0.3 is 0 Å². The van der Waals surface area contributed by atoms with Crippen LogP contribution in [-0.4, -0.2) is 17.4 Å². The fourth-order valence-electron chi connectivity index (χ4n) is 6.61. The van der Waals surface area contributed by atoms with Gasteiger partial charge in [-0.1, -0.05) is 17.7 Å². The second kappa shape index (κ2) is 7.39. The van der Waals surface area contributed by atoms with Crippen molar-refractivity contribution in [3.8, 4) is 17.2 Å². The maximum absolute atomic E-state index is 13.1. The van der Waals surface area contributed by atoms with E-state index in [1.165, 1.54) is 38.5 Å². The molecule has 0 saturated heterocycles. The molecule has 154 valence electrons. The van der Waals surface area contributed by atoms with Crippen LogP contribution in [0.4, 0.5) is 0 Å². The molecule has 4 saturated carbocycles. The van der Waals surface area contributed by atoms with E-state index in [0.717, 1.165) is 41.0 Å². The van der Waals surface area contributed by atoms with Crippen molar-refractivity contribution in [1.29, 1.82) is 5.26 Å². The minimum Gasteiger partial charge on any atom is -0.351 e. The monoisotopic (exact) mass is 419 g/mol. The number of carbonyl (C=O) groups is 1. The number of nitrogens with zero attached hydrogens (tertiary/aromatic N) is 2. The fraction of sp³-hybridized carbons (Fsp3) is 0.480. The Labute approximate surface area is 182 Å². The number of aryl methyl sites for hydroxylation is 1. The lowest BCUT2D eigenvalue weighted by molar-refractivity contribution is -0.0503. The lowest BCUT2D eigenvalue weighted by atomic mass is 9.49. The molecule has 5 heteroatoms. The van der Waals surface area contributed by atoms with Crippen LogP contribution >= 0.6 is 11.6 Å². The molecule has 1 aromatic carbocycles. The molecular weight excluding hydrogens is 394 g/mol. The molecule has 0 aliphatic heterocycles. The van der Waals surface area contributed by atoms with E-state index in [-0.39, 0.29) is 11.3 Å². The van der Waals surface area contributed by atoms with Gasteiger partial charge in [-0.2, -0.15) is 5.26 Å². The van der Waals surface area contributed by atoms with Crippen molar-refractivity contribution in [3.63, 3.8) is 0 Å². The Hall–Kier alpha value is -2.38. The maximum atomic E-state index is 13.1. The van der Waals surface area contributed by atoms with Gasteiger partial charge in [0.15, 0.2) is 0 Å². The highest BCUT2D eigenvalue weighted by atomic mass is 35.5. The number of nitrogens with one attached hydrogen (secondary N) is 1. The second-order valence-corrected chi connectivity index (χ2v) is 10.2. The van der Waals surface area contributed by atoms with E-state index in [1.807, 2.05) is 19.1 Å². The van der Waals surface area contributed by atoms with Crippen molar-refractivity contribution in [2.45, 2.75) is 45.4 Å². The standard InChI is InChI=1S/C25H26ClN3O/c1-15-4-20(23(12-27)28-13-15)19-2-3-22(26)21(8-19)24(30)29-14-25-9-16-5-17(10-25)7-18(6-16)11-25/h2-4,8,13,16-18H,5-7,9-11,14H2,1H3,(H,29,30). The molecule has 4 nitrogen and oxygen atoms in total. The topological polar surface area (TPSA) is 65.8 Å². The van der Waals surface area contributed by atoms with Crippen LogP contribution in [0.1, 0.15) is 60.1 Å². The van der Waals surface area contributed by atoms with Crippen molar-refractivity contribution in [3.05, 3.63) is 52.3 Å². The average molecular weight is 420 g/mol. The Morgan fingerprint density at radius 2 is 1.87 bits per heavy atom. The molecular formula is C25H26ClN3O. The van der Waals surface area contributed by atoms with Crippen LogP contribution in [0.5, 0.6) is 0 Å². The second-order valence-electron chi connectivity index (χ2n) is 9.82. The predicted octanol–water partition coefficient (Wildman–Crippen LogP) is 5.53. The van der Waals surface area contributed by atoms with Crippen molar-refractivity contribution < 1.29 is 4.79 Å². The average Bonchev–Trinajstić information content (AvgIpc) is 2.71. The minimum atomic E-state index is -0.128. The Balaban J connectivity index is 1.37. The van der Waals surface area contributed by atoms with Gasteiger partial charge in [0, 0.05) is 18.3 Å². The number of aromatic nitrogens is 1. The minimum absolute atomic E-state index is 0.128. The zero-order chi connectivity index (χ0) is 20.9. The molecule has 0 radical (unpaired) electrons. The first kappa shape index (κ1) is 19.6. The van der Waals surface area contributed by atoms with Crippen molar-refractivity contribution >= 4 is 17.5 Å². The zero-order valence-electron chi connectivity index (χ0n) is 17.2. The van der Waals surface area contributed by atoms with Crippen molar-refractivity contribution in [2.75, 3.05) is 6.54 Å². The van der Waals surface area contributed by atoms with Crippen LogP contribution in [0.15, 0.2) is 30.5 Å². The molecule has 4 bridgehead atoms. The number of carbonyl (C=O) groups excluding carboxylic acids is 1. The summed E-state index contributed by atoms with van der Waals surface area (Å²) >= 11 is 6.40. The lowest BCUT2D eigenvalue weighted by Gasteiger charge is -2.56. The molecule has 4 aliphatic carbocycles.